The zero-order valence-corrected chi connectivity index (χ0v) is 19.8. The van der Waals surface area contributed by atoms with Crippen molar-refractivity contribution in [3.63, 3.8) is 0 Å². The van der Waals surface area contributed by atoms with Crippen LogP contribution in [0.15, 0.2) is 29.3 Å². The molecule has 30 heavy (non-hydrogen) atoms. The Balaban J connectivity index is 0.00000320. The summed E-state index contributed by atoms with van der Waals surface area (Å²) in [5, 5.41) is 3.35. The van der Waals surface area contributed by atoms with Gasteiger partial charge in [-0.05, 0) is 44.2 Å². The van der Waals surface area contributed by atoms with E-state index in [9.17, 15) is 9.59 Å². The second-order valence-corrected chi connectivity index (χ2v) is 7.52. The first-order valence-electron chi connectivity index (χ1n) is 10.4. The van der Waals surface area contributed by atoms with Gasteiger partial charge in [0.15, 0.2) is 12.6 Å². The van der Waals surface area contributed by atoms with Crippen LogP contribution in [0.1, 0.15) is 32.6 Å². The molecule has 1 aromatic rings. The molecule has 2 heterocycles. The minimum Gasteiger partial charge on any atom is -0.482 e. The molecule has 166 valence electrons. The van der Waals surface area contributed by atoms with Crippen LogP contribution in [0.4, 0.5) is 5.69 Å². The van der Waals surface area contributed by atoms with Crippen LogP contribution in [-0.4, -0.2) is 62.0 Å². The molecule has 0 bridgehead atoms. The number of nitrogens with two attached hydrogens (primary N) is 1. The van der Waals surface area contributed by atoms with Crippen LogP contribution < -0.4 is 20.7 Å². The fourth-order valence-corrected chi connectivity index (χ4v) is 3.95. The smallest absolute Gasteiger partial charge is 0.265 e. The summed E-state index contributed by atoms with van der Waals surface area (Å²) in [6.45, 7) is 5.85. The number of carbonyl (C=O) groups excluding carboxylic acids is 2. The molecule has 8 nitrogen and oxygen atoms in total. The number of nitrogens with one attached hydrogen (secondary N) is 1. The van der Waals surface area contributed by atoms with E-state index in [1.807, 2.05) is 31.2 Å². The zero-order chi connectivity index (χ0) is 20.6. The molecule has 2 aliphatic heterocycles. The van der Waals surface area contributed by atoms with Gasteiger partial charge in [-0.25, -0.2) is 0 Å². The van der Waals surface area contributed by atoms with Crippen LogP contribution >= 0.6 is 24.0 Å². The van der Waals surface area contributed by atoms with Crippen molar-refractivity contribution in [1.82, 2.24) is 10.2 Å². The van der Waals surface area contributed by atoms with Gasteiger partial charge in [0.1, 0.15) is 5.75 Å². The van der Waals surface area contributed by atoms with Gasteiger partial charge in [0.25, 0.3) is 5.91 Å². The fourth-order valence-electron chi connectivity index (χ4n) is 3.95. The number of anilines is 1. The summed E-state index contributed by atoms with van der Waals surface area (Å²) in [5.74, 6) is 1.64. The first-order chi connectivity index (χ1) is 14.1. The van der Waals surface area contributed by atoms with Crippen molar-refractivity contribution in [3.8, 4) is 5.75 Å². The lowest BCUT2D eigenvalue weighted by atomic mass is 9.95. The van der Waals surface area contributed by atoms with E-state index in [2.05, 4.69) is 10.2 Å². The van der Waals surface area contributed by atoms with Crippen LogP contribution in [0.2, 0.25) is 0 Å². The summed E-state index contributed by atoms with van der Waals surface area (Å²) in [6, 6.07) is 7.61. The Kier molecular flexibility index (Phi) is 9.67. The quantitative estimate of drug-likeness (QED) is 0.244. The molecular weight excluding hydrogens is 497 g/mol. The number of aliphatic imine (C=N–C) groups is 1. The van der Waals surface area contributed by atoms with Gasteiger partial charge in [-0.1, -0.05) is 12.1 Å². The maximum atomic E-state index is 12.3. The van der Waals surface area contributed by atoms with Crippen molar-refractivity contribution in [2.24, 2.45) is 16.6 Å². The molecule has 3 rings (SSSR count). The Morgan fingerprint density at radius 1 is 1.37 bits per heavy atom. The highest BCUT2D eigenvalue weighted by Crippen LogP contribution is 2.31. The minimum absolute atomic E-state index is 0. The van der Waals surface area contributed by atoms with Crippen molar-refractivity contribution in [1.29, 1.82) is 0 Å². The maximum Gasteiger partial charge on any atom is 0.265 e. The largest absolute Gasteiger partial charge is 0.482 e. The third kappa shape index (κ3) is 6.48. The number of nitrogens with zero attached hydrogens (tertiary/aromatic N) is 3. The molecule has 0 saturated carbocycles. The van der Waals surface area contributed by atoms with Gasteiger partial charge in [0.05, 0.1) is 5.69 Å². The lowest BCUT2D eigenvalue weighted by molar-refractivity contribution is -0.121. The number of benzene rings is 1. The van der Waals surface area contributed by atoms with Crippen LogP contribution in [0, 0.1) is 5.92 Å². The van der Waals surface area contributed by atoms with Crippen molar-refractivity contribution < 1.29 is 14.3 Å². The number of para-hydroxylation sites is 2. The molecule has 2 aliphatic rings. The number of halogens is 1. The minimum atomic E-state index is -0.241. The first kappa shape index (κ1) is 24.2. The highest BCUT2D eigenvalue weighted by Gasteiger charge is 2.25. The Morgan fingerprint density at radius 2 is 2.17 bits per heavy atom. The summed E-state index contributed by atoms with van der Waals surface area (Å²) >= 11 is 0. The summed E-state index contributed by atoms with van der Waals surface area (Å²) in [5.41, 5.74) is 6.20. The molecule has 1 unspecified atom stereocenters. The number of primary amides is 1. The Bertz CT molecular complexity index is 758. The lowest BCUT2D eigenvalue weighted by Gasteiger charge is -2.34. The molecule has 0 spiro atoms. The molecule has 9 heteroatoms. The van der Waals surface area contributed by atoms with Gasteiger partial charge in [-0.3, -0.25) is 14.6 Å². The van der Waals surface area contributed by atoms with E-state index in [0.717, 1.165) is 56.3 Å². The molecule has 1 saturated heterocycles. The van der Waals surface area contributed by atoms with Crippen molar-refractivity contribution >= 4 is 47.4 Å². The van der Waals surface area contributed by atoms with Crippen molar-refractivity contribution in [2.45, 2.75) is 32.6 Å². The van der Waals surface area contributed by atoms with Crippen LogP contribution in [0.5, 0.6) is 5.75 Å². The van der Waals surface area contributed by atoms with E-state index in [4.69, 9.17) is 15.5 Å². The van der Waals surface area contributed by atoms with E-state index < -0.39 is 0 Å². The molecule has 1 fully saturated rings. The maximum absolute atomic E-state index is 12.3. The predicted octanol–water partition coefficient (Wildman–Crippen LogP) is 1.97. The number of hydrogen-bond acceptors (Lipinski definition) is 4. The van der Waals surface area contributed by atoms with Gasteiger partial charge in [-0.15, -0.1) is 24.0 Å². The number of guanidine groups is 1. The summed E-state index contributed by atoms with van der Waals surface area (Å²) in [4.78, 5) is 32.3. The second kappa shape index (κ2) is 12.0. The number of likely N-dealkylation sites (tertiary alicyclic amines) is 1. The van der Waals surface area contributed by atoms with E-state index >= 15 is 0 Å². The van der Waals surface area contributed by atoms with E-state index in [1.165, 1.54) is 0 Å². The number of hydrogen-bond donors (Lipinski definition) is 2. The van der Waals surface area contributed by atoms with Crippen LogP contribution in [-0.2, 0) is 9.59 Å². The molecule has 1 aromatic carbocycles. The van der Waals surface area contributed by atoms with Gasteiger partial charge < -0.3 is 25.6 Å². The molecule has 2 amide bonds. The van der Waals surface area contributed by atoms with E-state index in [1.54, 1.807) is 4.90 Å². The normalized spacial score (nSPS) is 18.9. The topological polar surface area (TPSA) is 100 Å². The average Bonchev–Trinajstić information content (AvgIpc) is 2.71. The molecule has 1 atom stereocenters. The number of amides is 2. The SMILES string of the molecule is CCNC(=NCCCN1C(=O)COc2ccccc21)N1CCCC(CC(N)=O)C1.I. The summed E-state index contributed by atoms with van der Waals surface area (Å²) in [6.07, 6.45) is 3.24. The molecule has 0 radical (unpaired) electrons. The van der Waals surface area contributed by atoms with Gasteiger partial charge in [-0.2, -0.15) is 0 Å². The Hall–Kier alpha value is -2.04. The van der Waals surface area contributed by atoms with Crippen LogP contribution in [0.3, 0.4) is 0 Å². The molecule has 3 N–H and O–H groups in total. The number of rotatable bonds is 7. The van der Waals surface area contributed by atoms with Gasteiger partial charge in [0, 0.05) is 39.1 Å². The standard InChI is InChI=1S/C21H31N5O3.HI/c1-2-23-21(25-11-5-7-16(14-25)13-19(22)27)24-10-6-12-26-17-8-3-4-9-18(17)29-15-20(26)28;/h3-4,8-9,16H,2,5-7,10-15H2,1H3,(H2,22,27)(H,23,24);1H. The predicted molar refractivity (Wildman–Crippen MR) is 128 cm³/mol. The summed E-state index contributed by atoms with van der Waals surface area (Å²) in [7, 11) is 0. The van der Waals surface area contributed by atoms with Crippen molar-refractivity contribution in [2.75, 3.05) is 44.2 Å². The third-order valence-electron chi connectivity index (χ3n) is 5.25. The number of piperidine rings is 1. The Labute approximate surface area is 195 Å². The highest BCUT2D eigenvalue weighted by atomic mass is 127. The second-order valence-electron chi connectivity index (χ2n) is 7.52. The summed E-state index contributed by atoms with van der Waals surface area (Å²) < 4.78 is 5.49. The Morgan fingerprint density at radius 3 is 2.93 bits per heavy atom. The highest BCUT2D eigenvalue weighted by molar-refractivity contribution is 14.0. The van der Waals surface area contributed by atoms with Crippen molar-refractivity contribution in [3.05, 3.63) is 24.3 Å². The fraction of sp³-hybridized carbons (Fsp3) is 0.571. The van der Waals surface area contributed by atoms with Gasteiger partial charge in [0.2, 0.25) is 5.91 Å². The molecular formula is C21H32IN5O3. The lowest BCUT2D eigenvalue weighted by Crippen LogP contribution is -2.47. The van der Waals surface area contributed by atoms with Crippen LogP contribution in [0.25, 0.3) is 0 Å². The molecule has 0 aromatic heterocycles. The zero-order valence-electron chi connectivity index (χ0n) is 17.5. The number of fused-ring (bicyclic) bond motifs is 1. The monoisotopic (exact) mass is 529 g/mol. The van der Waals surface area contributed by atoms with Gasteiger partial charge >= 0.3 is 0 Å². The number of carbonyl (C=O) groups is 2. The first-order valence-corrected chi connectivity index (χ1v) is 10.4. The number of ether oxygens (including phenoxy) is 1. The molecule has 0 aliphatic carbocycles. The third-order valence-corrected chi connectivity index (χ3v) is 5.25. The van der Waals surface area contributed by atoms with E-state index in [0.29, 0.717) is 19.5 Å². The van der Waals surface area contributed by atoms with E-state index in [-0.39, 0.29) is 48.3 Å². The average molecular weight is 529 g/mol.